The molecule has 1 aromatic carbocycles. The lowest BCUT2D eigenvalue weighted by Crippen LogP contribution is -2.45. The van der Waals surface area contributed by atoms with Gasteiger partial charge in [0.05, 0.1) is 6.54 Å². The van der Waals surface area contributed by atoms with Crippen LogP contribution in [0.4, 0.5) is 0 Å². The highest BCUT2D eigenvalue weighted by Gasteiger charge is 2.28. The van der Waals surface area contributed by atoms with Gasteiger partial charge in [-0.1, -0.05) is 30.3 Å². The zero-order valence-corrected chi connectivity index (χ0v) is 16.1. The predicted molar refractivity (Wildman–Crippen MR) is 102 cm³/mol. The molecule has 8 nitrogen and oxygen atoms in total. The van der Waals surface area contributed by atoms with Gasteiger partial charge in [0.15, 0.2) is 0 Å². The Labute approximate surface area is 159 Å². The number of hydrogen-bond acceptors (Lipinski definition) is 4. The molecule has 0 radical (unpaired) electrons. The Morgan fingerprint density at radius 3 is 2.52 bits per heavy atom. The third-order valence-electron chi connectivity index (χ3n) is 4.48. The molecule has 142 valence electrons. The number of carboxylic acid groups (broad SMARTS) is 1. The number of nitrogens with one attached hydrogen (secondary N) is 1. The van der Waals surface area contributed by atoms with Crippen LogP contribution >= 0.6 is 11.8 Å². The summed E-state index contributed by atoms with van der Waals surface area (Å²) in [6, 6.07) is 9.82. The van der Waals surface area contributed by atoms with Gasteiger partial charge in [0.2, 0.25) is 0 Å². The minimum absolute atomic E-state index is 0.357. The molecule has 0 fully saturated rings. The van der Waals surface area contributed by atoms with E-state index in [2.05, 4.69) is 4.98 Å². The van der Waals surface area contributed by atoms with Gasteiger partial charge in [-0.3, -0.25) is 18.7 Å². The fraction of sp³-hybridized carbons (Fsp3) is 0.333. The first-order valence-corrected chi connectivity index (χ1v) is 9.34. The summed E-state index contributed by atoms with van der Waals surface area (Å²) in [5.74, 6) is -0.949. The molecule has 3 aromatic rings. The second-order valence-electron chi connectivity index (χ2n) is 6.32. The summed E-state index contributed by atoms with van der Waals surface area (Å²) in [6.45, 7) is 2.06. The van der Waals surface area contributed by atoms with Gasteiger partial charge in [-0.15, -0.1) is 0 Å². The Bertz CT molecular complexity index is 1110. The molecule has 0 aliphatic carbocycles. The SMILES string of the molecule is CC(Sc1[nH]c2c(c(=O)n(C)c(=O)n2C)[n+]1CCc1ccccc1)C(=O)O. The maximum atomic E-state index is 12.7. The minimum Gasteiger partial charge on any atom is -0.480 e. The first kappa shape index (κ1) is 19.0. The van der Waals surface area contributed by atoms with Crippen LogP contribution in [0.5, 0.6) is 0 Å². The molecular weight excluding hydrogens is 368 g/mol. The molecule has 0 aliphatic heterocycles. The highest BCUT2D eigenvalue weighted by molar-refractivity contribution is 8.00. The Morgan fingerprint density at radius 1 is 1.22 bits per heavy atom. The van der Waals surface area contributed by atoms with Crippen molar-refractivity contribution in [3.8, 4) is 0 Å². The van der Waals surface area contributed by atoms with Crippen molar-refractivity contribution in [1.29, 1.82) is 0 Å². The average molecular weight is 389 g/mol. The number of aryl methyl sites for hydroxylation is 3. The lowest BCUT2D eigenvalue weighted by atomic mass is 10.1. The molecular formula is C18H21N4O4S+. The number of aromatic amines is 1. The van der Waals surface area contributed by atoms with E-state index in [-0.39, 0.29) is 0 Å². The quantitative estimate of drug-likeness (QED) is 0.476. The molecule has 2 aromatic heterocycles. The number of thioether (sulfide) groups is 1. The van der Waals surface area contributed by atoms with Crippen LogP contribution in [0.25, 0.3) is 11.2 Å². The number of aliphatic carboxylic acids is 1. The van der Waals surface area contributed by atoms with Crippen LogP contribution in [-0.2, 0) is 31.9 Å². The van der Waals surface area contributed by atoms with E-state index in [0.717, 1.165) is 21.9 Å². The van der Waals surface area contributed by atoms with Crippen LogP contribution in [0.2, 0.25) is 0 Å². The molecule has 3 rings (SSSR count). The Hall–Kier alpha value is -2.81. The number of H-pyrrole nitrogens is 1. The van der Waals surface area contributed by atoms with Crippen molar-refractivity contribution >= 4 is 28.9 Å². The van der Waals surface area contributed by atoms with Crippen LogP contribution in [-0.4, -0.2) is 30.4 Å². The van der Waals surface area contributed by atoms with Crippen molar-refractivity contribution in [3.05, 3.63) is 56.7 Å². The maximum Gasteiger partial charge on any atom is 0.333 e. The van der Waals surface area contributed by atoms with E-state index in [1.54, 1.807) is 18.5 Å². The van der Waals surface area contributed by atoms with Crippen molar-refractivity contribution in [2.75, 3.05) is 0 Å². The standard InChI is InChI=1S/C18H20N4O4S/c1-11(16(24)25)27-17-19-14-13(15(23)21(3)18(26)20(14)2)22(17)10-9-12-7-5-4-6-8-12/h4-8,11H,9-10H2,1-3H3,(H,24,25)/p+1. The van der Waals surface area contributed by atoms with Crippen LogP contribution in [0.15, 0.2) is 45.1 Å². The number of fused-ring (bicyclic) bond motifs is 1. The number of benzene rings is 1. The maximum absolute atomic E-state index is 12.7. The topological polar surface area (TPSA) is 101 Å². The zero-order chi connectivity index (χ0) is 19.7. The minimum atomic E-state index is -0.949. The third kappa shape index (κ3) is 3.55. The first-order chi connectivity index (χ1) is 12.8. The van der Waals surface area contributed by atoms with Crippen molar-refractivity contribution in [1.82, 2.24) is 14.1 Å². The lowest BCUT2D eigenvalue weighted by Gasteiger charge is -2.05. The van der Waals surface area contributed by atoms with Crippen molar-refractivity contribution < 1.29 is 14.5 Å². The van der Waals surface area contributed by atoms with Crippen LogP contribution in [0.3, 0.4) is 0 Å². The van der Waals surface area contributed by atoms with E-state index in [4.69, 9.17) is 0 Å². The summed E-state index contributed by atoms with van der Waals surface area (Å²) in [7, 11) is 3.02. The van der Waals surface area contributed by atoms with Crippen molar-refractivity contribution in [2.45, 2.75) is 30.3 Å². The second-order valence-corrected chi connectivity index (χ2v) is 7.65. The Kier molecular flexibility index (Phi) is 5.22. The number of imidazole rings is 1. The largest absolute Gasteiger partial charge is 0.480 e. The highest BCUT2D eigenvalue weighted by Crippen LogP contribution is 2.21. The number of aromatic nitrogens is 4. The molecule has 2 heterocycles. The molecule has 0 spiro atoms. The third-order valence-corrected chi connectivity index (χ3v) is 5.59. The van der Waals surface area contributed by atoms with Crippen molar-refractivity contribution in [3.63, 3.8) is 0 Å². The van der Waals surface area contributed by atoms with Crippen molar-refractivity contribution in [2.24, 2.45) is 14.1 Å². The Morgan fingerprint density at radius 2 is 1.89 bits per heavy atom. The predicted octanol–water partition coefficient (Wildman–Crippen LogP) is 0.661. The molecule has 0 saturated carbocycles. The molecule has 0 bridgehead atoms. The smallest absolute Gasteiger partial charge is 0.333 e. The number of hydrogen-bond donors (Lipinski definition) is 2. The van der Waals surface area contributed by atoms with Gasteiger partial charge in [-0.25, -0.2) is 14.3 Å². The molecule has 27 heavy (non-hydrogen) atoms. The molecule has 1 atom stereocenters. The number of rotatable bonds is 6. The van der Waals surface area contributed by atoms with Gasteiger partial charge in [0.1, 0.15) is 5.25 Å². The summed E-state index contributed by atoms with van der Waals surface area (Å²) in [6.07, 6.45) is 0.666. The van der Waals surface area contributed by atoms with E-state index in [1.165, 1.54) is 11.6 Å². The lowest BCUT2D eigenvalue weighted by molar-refractivity contribution is -0.708. The van der Waals surface area contributed by atoms with Gasteiger partial charge < -0.3 is 5.11 Å². The van der Waals surface area contributed by atoms with E-state index in [0.29, 0.717) is 29.3 Å². The van der Waals surface area contributed by atoms with Gasteiger partial charge >= 0.3 is 22.4 Å². The second kappa shape index (κ2) is 7.43. The number of nitrogens with zero attached hydrogens (tertiary/aromatic N) is 3. The summed E-state index contributed by atoms with van der Waals surface area (Å²) in [5.41, 5.74) is 0.995. The fourth-order valence-electron chi connectivity index (χ4n) is 2.89. The number of carbonyl (C=O) groups is 1. The molecule has 0 amide bonds. The van der Waals surface area contributed by atoms with E-state index in [1.807, 2.05) is 30.3 Å². The fourth-order valence-corrected chi connectivity index (χ4v) is 3.79. The highest BCUT2D eigenvalue weighted by atomic mass is 32.2. The zero-order valence-electron chi connectivity index (χ0n) is 15.3. The first-order valence-electron chi connectivity index (χ1n) is 8.46. The summed E-state index contributed by atoms with van der Waals surface area (Å²) in [5, 5.41) is 9.08. The normalized spacial score (nSPS) is 12.4. The summed E-state index contributed by atoms with van der Waals surface area (Å²) >= 11 is 1.11. The van der Waals surface area contributed by atoms with Gasteiger partial charge in [0.25, 0.3) is 11.2 Å². The monoisotopic (exact) mass is 389 g/mol. The Balaban J connectivity index is 2.15. The molecule has 9 heteroatoms. The van der Waals surface area contributed by atoms with E-state index >= 15 is 0 Å². The van der Waals surface area contributed by atoms with Gasteiger partial charge in [-0.05, 0) is 24.2 Å². The molecule has 1 unspecified atom stereocenters. The molecule has 0 aliphatic rings. The summed E-state index contributed by atoms with van der Waals surface area (Å²) in [4.78, 5) is 39.3. The van der Waals surface area contributed by atoms with Gasteiger partial charge in [-0.2, -0.15) is 0 Å². The van der Waals surface area contributed by atoms with Gasteiger partial charge in [0, 0.05) is 20.5 Å². The van der Waals surface area contributed by atoms with Crippen LogP contribution < -0.4 is 15.8 Å². The molecule has 0 saturated heterocycles. The van der Waals surface area contributed by atoms with E-state index < -0.39 is 22.5 Å². The number of carboxylic acids is 1. The van der Waals surface area contributed by atoms with Crippen LogP contribution in [0.1, 0.15) is 12.5 Å². The average Bonchev–Trinajstić information content (AvgIpc) is 3.02. The summed E-state index contributed by atoms with van der Waals surface area (Å²) < 4.78 is 4.20. The van der Waals surface area contributed by atoms with Crippen LogP contribution in [0, 0.1) is 0 Å². The molecule has 2 N–H and O–H groups in total. The van der Waals surface area contributed by atoms with E-state index in [9.17, 15) is 19.5 Å².